The van der Waals surface area contributed by atoms with E-state index in [1.165, 1.54) is 31.4 Å². The highest BCUT2D eigenvalue weighted by Crippen LogP contribution is 2.28. The second-order valence-electron chi connectivity index (χ2n) is 7.00. The first-order valence-corrected chi connectivity index (χ1v) is 9.03. The molecule has 0 amide bonds. The normalized spacial score (nSPS) is 21.4. The molecule has 0 radical (unpaired) electrons. The zero-order chi connectivity index (χ0) is 16.5. The highest BCUT2D eigenvalue weighted by atomic mass is 19.1. The van der Waals surface area contributed by atoms with Gasteiger partial charge in [0.15, 0.2) is 5.78 Å². The molecule has 2 aromatic rings. The highest BCUT2D eigenvalue weighted by Gasteiger charge is 2.29. The number of aromatic amines is 1. The van der Waals surface area contributed by atoms with Gasteiger partial charge >= 0.3 is 0 Å². The van der Waals surface area contributed by atoms with E-state index in [1.54, 1.807) is 12.3 Å². The number of benzene rings is 1. The molecule has 0 unspecified atom stereocenters. The molecule has 4 nitrogen and oxygen atoms in total. The van der Waals surface area contributed by atoms with Crippen molar-refractivity contribution in [1.82, 2.24) is 15.0 Å². The lowest BCUT2D eigenvalue weighted by molar-refractivity contribution is -0.0584. The standard InChI is InChI=1S/C19H24FN3O/c20-15-4-5-18-16(12-15)17(13-21-18)19(24)14-6-10-23(11-7-14)22-8-2-1-3-9-22/h4-5,12-14,21H,1-3,6-11H2. The maximum absolute atomic E-state index is 13.5. The number of hydrazine groups is 1. The third-order valence-corrected chi connectivity index (χ3v) is 5.48. The number of nitrogens with one attached hydrogen (secondary N) is 1. The SMILES string of the molecule is O=C(c1c[nH]c2ccc(F)cc12)C1CCN(N2CCCCC2)CC1. The Kier molecular flexibility index (Phi) is 4.37. The maximum Gasteiger partial charge on any atom is 0.168 e. The minimum atomic E-state index is -0.295. The molecule has 2 saturated heterocycles. The Bertz CT molecular complexity index is 727. The van der Waals surface area contributed by atoms with E-state index in [2.05, 4.69) is 15.0 Å². The molecular weight excluding hydrogens is 305 g/mol. The van der Waals surface area contributed by atoms with Crippen molar-refractivity contribution in [2.75, 3.05) is 26.2 Å². The summed E-state index contributed by atoms with van der Waals surface area (Å²) in [6.07, 6.45) is 7.40. The molecule has 4 rings (SSSR count). The molecule has 2 aliphatic heterocycles. The van der Waals surface area contributed by atoms with Crippen LogP contribution in [0.2, 0.25) is 0 Å². The van der Waals surface area contributed by atoms with Crippen molar-refractivity contribution in [3.63, 3.8) is 0 Å². The summed E-state index contributed by atoms with van der Waals surface area (Å²) < 4.78 is 13.5. The van der Waals surface area contributed by atoms with E-state index < -0.39 is 0 Å². The van der Waals surface area contributed by atoms with Gasteiger partial charge in [-0.05, 0) is 43.9 Å². The number of H-pyrrole nitrogens is 1. The second kappa shape index (κ2) is 6.65. The Hall–Kier alpha value is -1.72. The van der Waals surface area contributed by atoms with Crippen molar-refractivity contribution in [3.8, 4) is 0 Å². The molecular formula is C19H24FN3O. The predicted molar refractivity (Wildman–Crippen MR) is 92.3 cm³/mol. The van der Waals surface area contributed by atoms with Gasteiger partial charge in [0.1, 0.15) is 5.82 Å². The average molecular weight is 329 g/mol. The number of Topliss-reactive ketones (excluding diaryl/α,β-unsaturated/α-hetero) is 1. The minimum absolute atomic E-state index is 0.0494. The van der Waals surface area contributed by atoms with Crippen molar-refractivity contribution in [2.24, 2.45) is 5.92 Å². The lowest BCUT2D eigenvalue weighted by atomic mass is 9.89. The van der Waals surface area contributed by atoms with E-state index in [1.807, 2.05) is 0 Å². The van der Waals surface area contributed by atoms with Crippen LogP contribution in [0.3, 0.4) is 0 Å². The molecule has 5 heteroatoms. The molecule has 0 aliphatic carbocycles. The maximum atomic E-state index is 13.5. The van der Waals surface area contributed by atoms with Gasteiger partial charge in [-0.3, -0.25) is 4.79 Å². The number of carbonyl (C=O) groups excluding carboxylic acids is 1. The smallest absolute Gasteiger partial charge is 0.168 e. The van der Waals surface area contributed by atoms with E-state index in [0.717, 1.165) is 44.5 Å². The van der Waals surface area contributed by atoms with E-state index >= 15 is 0 Å². The number of fused-ring (bicyclic) bond motifs is 1. The molecule has 1 aromatic carbocycles. The molecule has 2 fully saturated rings. The number of halogens is 1. The predicted octanol–water partition coefficient (Wildman–Crippen LogP) is 3.60. The zero-order valence-electron chi connectivity index (χ0n) is 13.9. The molecule has 3 heterocycles. The molecule has 0 spiro atoms. The lowest BCUT2D eigenvalue weighted by Gasteiger charge is -2.41. The van der Waals surface area contributed by atoms with Crippen LogP contribution in [0.4, 0.5) is 4.39 Å². The molecule has 1 aromatic heterocycles. The number of ketones is 1. The van der Waals surface area contributed by atoms with Crippen molar-refractivity contribution >= 4 is 16.7 Å². The largest absolute Gasteiger partial charge is 0.360 e. The third-order valence-electron chi connectivity index (χ3n) is 5.48. The van der Waals surface area contributed by atoms with Crippen LogP contribution >= 0.6 is 0 Å². The summed E-state index contributed by atoms with van der Waals surface area (Å²) in [5.41, 5.74) is 1.46. The van der Waals surface area contributed by atoms with Crippen LogP contribution in [0.5, 0.6) is 0 Å². The summed E-state index contributed by atoms with van der Waals surface area (Å²) in [5, 5.41) is 5.60. The Labute approximate surface area is 141 Å². The number of piperidine rings is 2. The first kappa shape index (κ1) is 15.8. The van der Waals surface area contributed by atoms with Gasteiger partial charge in [-0.1, -0.05) is 6.42 Å². The van der Waals surface area contributed by atoms with Gasteiger partial charge in [-0.15, -0.1) is 0 Å². The Morgan fingerprint density at radius 3 is 2.50 bits per heavy atom. The average Bonchev–Trinajstić information content (AvgIpc) is 3.05. The van der Waals surface area contributed by atoms with Gasteiger partial charge < -0.3 is 4.98 Å². The second-order valence-corrected chi connectivity index (χ2v) is 7.00. The summed E-state index contributed by atoms with van der Waals surface area (Å²) in [4.78, 5) is 16.0. The quantitative estimate of drug-likeness (QED) is 0.875. The molecule has 2 aliphatic rings. The molecule has 0 atom stereocenters. The van der Waals surface area contributed by atoms with Gasteiger partial charge in [0.25, 0.3) is 0 Å². The molecule has 1 N–H and O–H groups in total. The number of nitrogens with zero attached hydrogens (tertiary/aromatic N) is 2. The highest BCUT2D eigenvalue weighted by molar-refractivity contribution is 6.08. The fourth-order valence-corrected chi connectivity index (χ4v) is 4.09. The first-order valence-electron chi connectivity index (χ1n) is 9.03. The number of hydrogen-bond donors (Lipinski definition) is 1. The van der Waals surface area contributed by atoms with E-state index in [4.69, 9.17) is 0 Å². The first-order chi connectivity index (χ1) is 11.7. The van der Waals surface area contributed by atoms with Gasteiger partial charge in [-0.25, -0.2) is 14.4 Å². The summed E-state index contributed by atoms with van der Waals surface area (Å²) >= 11 is 0. The van der Waals surface area contributed by atoms with Crippen LogP contribution in [0.15, 0.2) is 24.4 Å². The Morgan fingerprint density at radius 1 is 1.04 bits per heavy atom. The van der Waals surface area contributed by atoms with Crippen molar-refractivity contribution < 1.29 is 9.18 Å². The Balaban J connectivity index is 1.44. The topological polar surface area (TPSA) is 39.3 Å². The zero-order valence-corrected chi connectivity index (χ0v) is 13.9. The monoisotopic (exact) mass is 329 g/mol. The van der Waals surface area contributed by atoms with Crippen LogP contribution in [0.25, 0.3) is 10.9 Å². The van der Waals surface area contributed by atoms with Crippen LogP contribution in [0.1, 0.15) is 42.5 Å². The molecule has 128 valence electrons. The van der Waals surface area contributed by atoms with Gasteiger partial charge in [0.05, 0.1) is 0 Å². The van der Waals surface area contributed by atoms with Gasteiger partial charge in [-0.2, -0.15) is 0 Å². The van der Waals surface area contributed by atoms with E-state index in [-0.39, 0.29) is 17.5 Å². The van der Waals surface area contributed by atoms with Crippen LogP contribution < -0.4 is 0 Å². The summed E-state index contributed by atoms with van der Waals surface area (Å²) in [5.74, 6) is -0.0884. The lowest BCUT2D eigenvalue weighted by Crippen LogP contribution is -2.49. The van der Waals surface area contributed by atoms with E-state index in [0.29, 0.717) is 10.9 Å². The summed E-state index contributed by atoms with van der Waals surface area (Å²) in [6, 6.07) is 4.58. The van der Waals surface area contributed by atoms with E-state index in [9.17, 15) is 9.18 Å². The minimum Gasteiger partial charge on any atom is -0.360 e. The third kappa shape index (κ3) is 2.98. The number of carbonyl (C=O) groups is 1. The van der Waals surface area contributed by atoms with Crippen LogP contribution in [0, 0.1) is 11.7 Å². The molecule has 0 bridgehead atoms. The summed E-state index contributed by atoms with van der Waals surface area (Å²) in [7, 11) is 0. The van der Waals surface area contributed by atoms with Crippen molar-refractivity contribution in [2.45, 2.75) is 32.1 Å². The summed E-state index contributed by atoms with van der Waals surface area (Å²) in [6.45, 7) is 4.21. The molecule has 0 saturated carbocycles. The van der Waals surface area contributed by atoms with Gasteiger partial charge in [0, 0.05) is 54.8 Å². The van der Waals surface area contributed by atoms with Crippen molar-refractivity contribution in [1.29, 1.82) is 0 Å². The van der Waals surface area contributed by atoms with Crippen molar-refractivity contribution in [3.05, 3.63) is 35.8 Å². The molecule has 24 heavy (non-hydrogen) atoms. The fourth-order valence-electron chi connectivity index (χ4n) is 4.09. The number of rotatable bonds is 3. The fraction of sp³-hybridized carbons (Fsp3) is 0.526. The van der Waals surface area contributed by atoms with Gasteiger partial charge in [0.2, 0.25) is 0 Å². The Morgan fingerprint density at radius 2 is 1.75 bits per heavy atom. The number of hydrogen-bond acceptors (Lipinski definition) is 3. The van der Waals surface area contributed by atoms with Crippen LogP contribution in [-0.2, 0) is 0 Å². The van der Waals surface area contributed by atoms with Crippen LogP contribution in [-0.4, -0.2) is 47.0 Å². The number of aromatic nitrogens is 1.